The largest absolute Gasteiger partial charge is 0.462 e. The van der Waals surface area contributed by atoms with Crippen molar-refractivity contribution in [2.45, 2.75) is 30.5 Å². The van der Waals surface area contributed by atoms with E-state index in [4.69, 9.17) is 4.74 Å². The number of aromatic nitrogens is 2. The lowest BCUT2D eigenvalue weighted by Gasteiger charge is -2.21. The van der Waals surface area contributed by atoms with Crippen molar-refractivity contribution in [1.29, 1.82) is 0 Å². The van der Waals surface area contributed by atoms with Gasteiger partial charge in [0.15, 0.2) is 5.03 Å². The van der Waals surface area contributed by atoms with E-state index >= 15 is 0 Å². The van der Waals surface area contributed by atoms with Crippen molar-refractivity contribution in [1.82, 2.24) is 14.9 Å². The highest BCUT2D eigenvalue weighted by molar-refractivity contribution is 8.00. The summed E-state index contributed by atoms with van der Waals surface area (Å²) in [5.74, 6) is -0.717. The maximum Gasteiger partial charge on any atom is 0.342 e. The van der Waals surface area contributed by atoms with Crippen molar-refractivity contribution in [3.05, 3.63) is 11.8 Å². The van der Waals surface area contributed by atoms with E-state index in [2.05, 4.69) is 14.9 Å². The number of aromatic amines is 1. The number of H-pyrrole nitrogens is 1. The molecule has 0 aromatic carbocycles. The Morgan fingerprint density at radius 1 is 1.55 bits per heavy atom. The van der Waals surface area contributed by atoms with Crippen LogP contribution < -0.4 is 4.72 Å². The second kappa shape index (κ2) is 6.59. The van der Waals surface area contributed by atoms with Gasteiger partial charge in [-0.05, 0) is 27.0 Å². The molecule has 0 amide bonds. The van der Waals surface area contributed by atoms with Crippen LogP contribution in [0.4, 0.5) is 0 Å². The molecule has 0 saturated carbocycles. The number of sulfonamides is 1. The first-order valence-corrected chi connectivity index (χ1v) is 8.69. The second-order valence-electron chi connectivity index (χ2n) is 4.62. The molecule has 0 unspecified atom stereocenters. The van der Waals surface area contributed by atoms with Gasteiger partial charge in [-0.3, -0.25) is 5.10 Å². The molecule has 114 valence electrons. The van der Waals surface area contributed by atoms with Crippen molar-refractivity contribution < 1.29 is 17.9 Å². The van der Waals surface area contributed by atoms with E-state index in [1.54, 1.807) is 6.92 Å². The molecule has 9 heteroatoms. The van der Waals surface area contributed by atoms with Crippen molar-refractivity contribution in [3.63, 3.8) is 0 Å². The number of carbonyl (C=O) groups is 1. The Labute approximate surface area is 122 Å². The molecule has 7 nitrogen and oxygen atoms in total. The van der Waals surface area contributed by atoms with E-state index in [1.807, 2.05) is 20.1 Å². The Hall–Kier alpha value is -1.06. The van der Waals surface area contributed by atoms with Gasteiger partial charge in [0.05, 0.1) is 12.8 Å². The van der Waals surface area contributed by atoms with Gasteiger partial charge in [0.25, 0.3) is 10.0 Å². The van der Waals surface area contributed by atoms with Gasteiger partial charge in [0.1, 0.15) is 5.56 Å². The molecule has 0 aliphatic carbocycles. The summed E-state index contributed by atoms with van der Waals surface area (Å²) >= 11 is 1.54. The Morgan fingerprint density at radius 3 is 2.75 bits per heavy atom. The standard InChI is InChI=1S/C11H19N3O4S2/c1-5-18-10(15)8-6-12-14-9(8)20(16,17)13-7-11(2,3)19-4/h6,13H,5,7H2,1-4H3,(H,12,14). The molecule has 0 atom stereocenters. The monoisotopic (exact) mass is 321 g/mol. The fourth-order valence-electron chi connectivity index (χ4n) is 1.25. The van der Waals surface area contributed by atoms with Crippen molar-refractivity contribution >= 4 is 27.8 Å². The fourth-order valence-corrected chi connectivity index (χ4v) is 2.85. The number of carbonyl (C=O) groups excluding carboxylic acids is 1. The molecule has 0 spiro atoms. The molecular formula is C11H19N3O4S2. The summed E-state index contributed by atoms with van der Waals surface area (Å²) in [5, 5.41) is 5.67. The molecule has 2 N–H and O–H groups in total. The van der Waals surface area contributed by atoms with E-state index in [0.717, 1.165) is 6.20 Å². The lowest BCUT2D eigenvalue weighted by molar-refractivity contribution is 0.0522. The predicted molar refractivity (Wildman–Crippen MR) is 77.3 cm³/mol. The molecule has 0 saturated heterocycles. The van der Waals surface area contributed by atoms with Crippen LogP contribution in [0.3, 0.4) is 0 Å². The van der Waals surface area contributed by atoms with Gasteiger partial charge in [0, 0.05) is 11.3 Å². The van der Waals surface area contributed by atoms with Gasteiger partial charge >= 0.3 is 5.97 Å². The van der Waals surface area contributed by atoms with Gasteiger partial charge in [-0.2, -0.15) is 16.9 Å². The summed E-state index contributed by atoms with van der Waals surface area (Å²) in [5.41, 5.74) is -0.0960. The van der Waals surface area contributed by atoms with E-state index in [1.165, 1.54) is 11.8 Å². The third kappa shape index (κ3) is 4.22. The number of esters is 1. The third-order valence-electron chi connectivity index (χ3n) is 2.61. The van der Waals surface area contributed by atoms with Crippen LogP contribution in [0.15, 0.2) is 11.2 Å². The zero-order valence-corrected chi connectivity index (χ0v) is 13.5. The molecule has 0 aliphatic heterocycles. The number of hydrogen-bond acceptors (Lipinski definition) is 6. The lowest BCUT2D eigenvalue weighted by atomic mass is 10.2. The highest BCUT2D eigenvalue weighted by Crippen LogP contribution is 2.21. The molecule has 0 bridgehead atoms. The van der Waals surface area contributed by atoms with Crippen molar-refractivity contribution in [2.75, 3.05) is 19.4 Å². The molecule has 20 heavy (non-hydrogen) atoms. The van der Waals surface area contributed by atoms with Crippen LogP contribution in [-0.2, 0) is 14.8 Å². The van der Waals surface area contributed by atoms with Crippen LogP contribution in [0, 0.1) is 0 Å². The van der Waals surface area contributed by atoms with Crippen LogP contribution in [0.1, 0.15) is 31.1 Å². The minimum absolute atomic E-state index is 0.0960. The molecule has 1 aromatic heterocycles. The maximum atomic E-state index is 12.2. The van der Waals surface area contributed by atoms with Crippen LogP contribution in [-0.4, -0.2) is 48.7 Å². The number of rotatable bonds is 7. The van der Waals surface area contributed by atoms with Gasteiger partial charge in [-0.1, -0.05) is 0 Å². The number of thioether (sulfide) groups is 1. The maximum absolute atomic E-state index is 12.2. The molecule has 0 fully saturated rings. The molecule has 0 aliphatic rings. The first kappa shape index (κ1) is 17.0. The van der Waals surface area contributed by atoms with E-state index in [0.29, 0.717) is 0 Å². The summed E-state index contributed by atoms with van der Waals surface area (Å²) < 4.78 is 31.4. The topological polar surface area (TPSA) is 101 Å². The van der Waals surface area contributed by atoms with Crippen LogP contribution in [0.25, 0.3) is 0 Å². The summed E-state index contributed by atoms with van der Waals surface area (Å²) in [6.07, 6.45) is 3.04. The summed E-state index contributed by atoms with van der Waals surface area (Å²) in [7, 11) is -3.84. The molecule has 1 rings (SSSR count). The zero-order chi connectivity index (χ0) is 15.4. The van der Waals surface area contributed by atoms with Crippen LogP contribution >= 0.6 is 11.8 Å². The zero-order valence-electron chi connectivity index (χ0n) is 11.9. The fraction of sp³-hybridized carbons (Fsp3) is 0.636. The molecule has 0 radical (unpaired) electrons. The van der Waals surface area contributed by atoms with Crippen LogP contribution in [0.2, 0.25) is 0 Å². The molecular weight excluding hydrogens is 302 g/mol. The Kier molecular flexibility index (Phi) is 5.60. The van der Waals surface area contributed by atoms with Crippen molar-refractivity contribution in [2.24, 2.45) is 0 Å². The minimum Gasteiger partial charge on any atom is -0.462 e. The van der Waals surface area contributed by atoms with Gasteiger partial charge in [-0.15, -0.1) is 0 Å². The van der Waals surface area contributed by atoms with Gasteiger partial charge in [0.2, 0.25) is 0 Å². The van der Waals surface area contributed by atoms with Crippen LogP contribution in [0.5, 0.6) is 0 Å². The third-order valence-corrected chi connectivity index (χ3v) is 5.23. The Morgan fingerprint density at radius 2 is 2.20 bits per heavy atom. The first-order valence-electron chi connectivity index (χ1n) is 5.99. The Balaban J connectivity index is 2.94. The molecule has 1 aromatic rings. The average molecular weight is 321 g/mol. The number of nitrogens with zero attached hydrogens (tertiary/aromatic N) is 1. The number of ether oxygens (including phenoxy) is 1. The summed E-state index contributed by atoms with van der Waals surface area (Å²) in [6.45, 7) is 5.87. The first-order chi connectivity index (χ1) is 9.23. The quantitative estimate of drug-likeness (QED) is 0.727. The normalized spacial score (nSPS) is 12.4. The highest BCUT2D eigenvalue weighted by atomic mass is 32.2. The van der Waals surface area contributed by atoms with E-state index in [-0.39, 0.29) is 28.5 Å². The minimum atomic E-state index is -3.84. The lowest BCUT2D eigenvalue weighted by Crippen LogP contribution is -2.36. The van der Waals surface area contributed by atoms with Gasteiger partial charge in [-0.25, -0.2) is 17.9 Å². The summed E-state index contributed by atoms with van der Waals surface area (Å²) in [4.78, 5) is 11.7. The second-order valence-corrected chi connectivity index (χ2v) is 7.84. The van der Waals surface area contributed by atoms with E-state index < -0.39 is 16.0 Å². The van der Waals surface area contributed by atoms with E-state index in [9.17, 15) is 13.2 Å². The number of nitrogens with one attached hydrogen (secondary N) is 2. The highest BCUT2D eigenvalue weighted by Gasteiger charge is 2.28. The number of hydrogen-bond donors (Lipinski definition) is 2. The summed E-state index contributed by atoms with van der Waals surface area (Å²) in [6, 6.07) is 0. The molecule has 1 heterocycles. The average Bonchev–Trinajstić information content (AvgIpc) is 2.87. The Bertz CT molecular complexity index is 566. The van der Waals surface area contributed by atoms with Gasteiger partial charge < -0.3 is 4.74 Å². The predicted octanol–water partition coefficient (Wildman–Crippen LogP) is 1.01. The SMILES string of the molecule is CCOC(=O)c1cn[nH]c1S(=O)(=O)NCC(C)(C)SC. The smallest absolute Gasteiger partial charge is 0.342 e. The van der Waals surface area contributed by atoms with Crippen molar-refractivity contribution in [3.8, 4) is 0 Å².